The Labute approximate surface area is 133 Å². The highest BCUT2D eigenvalue weighted by atomic mass is 19.2. The summed E-state index contributed by atoms with van der Waals surface area (Å²) in [6.45, 7) is 5.13. The Bertz CT molecular complexity index is 567. The number of halogens is 2. The number of nitrogens with zero attached hydrogens (tertiary/aromatic N) is 2. The number of alkyl halides is 2. The number of hydrogen-bond acceptors (Lipinski definition) is 5. The first-order chi connectivity index (χ1) is 11.2. The fourth-order valence-electron chi connectivity index (χ4n) is 2.50. The van der Waals surface area contributed by atoms with Gasteiger partial charge in [-0.1, -0.05) is 11.2 Å². The van der Waals surface area contributed by atoms with Crippen LogP contribution in [0.3, 0.4) is 0 Å². The van der Waals surface area contributed by atoms with Gasteiger partial charge in [0.1, 0.15) is 12.3 Å². The Morgan fingerprint density at radius 2 is 2.09 bits per heavy atom. The minimum Gasteiger partial charge on any atom is -0.379 e. The zero-order chi connectivity index (χ0) is 16.1. The molecule has 1 saturated heterocycles. The molecule has 0 N–H and O–H groups in total. The molecule has 2 heterocycles. The van der Waals surface area contributed by atoms with Crippen LogP contribution in [0.4, 0.5) is 8.78 Å². The van der Waals surface area contributed by atoms with Crippen molar-refractivity contribution in [2.45, 2.75) is 19.0 Å². The van der Waals surface area contributed by atoms with Gasteiger partial charge in [0.2, 0.25) is 0 Å². The van der Waals surface area contributed by atoms with Crippen molar-refractivity contribution in [2.24, 2.45) is 0 Å². The summed E-state index contributed by atoms with van der Waals surface area (Å²) in [5.41, 5.74) is 1.01. The number of morpholine rings is 1. The summed E-state index contributed by atoms with van der Waals surface area (Å²) in [5, 5.41) is 3.88. The smallest absolute Gasteiger partial charge is 0.163 e. The Kier molecular flexibility index (Phi) is 5.53. The molecule has 0 aromatic carbocycles. The van der Waals surface area contributed by atoms with E-state index in [-0.39, 0.29) is 0 Å². The summed E-state index contributed by atoms with van der Waals surface area (Å²) in [6, 6.07) is 1.69. The van der Waals surface area contributed by atoms with E-state index in [1.165, 1.54) is 18.2 Å². The molecule has 7 heteroatoms. The third-order valence-electron chi connectivity index (χ3n) is 3.86. The number of aromatic nitrogens is 1. The van der Waals surface area contributed by atoms with E-state index in [4.69, 9.17) is 14.0 Å². The van der Waals surface area contributed by atoms with Crippen LogP contribution in [0.25, 0.3) is 5.57 Å². The molecule has 3 rings (SSSR count). The van der Waals surface area contributed by atoms with Crippen LogP contribution in [0.5, 0.6) is 0 Å². The van der Waals surface area contributed by atoms with Gasteiger partial charge in [0.25, 0.3) is 0 Å². The monoisotopic (exact) mass is 326 g/mol. The van der Waals surface area contributed by atoms with Gasteiger partial charge in [-0.25, -0.2) is 8.78 Å². The van der Waals surface area contributed by atoms with Crippen molar-refractivity contribution >= 4 is 5.57 Å². The van der Waals surface area contributed by atoms with Gasteiger partial charge in [0.05, 0.1) is 19.8 Å². The lowest BCUT2D eigenvalue weighted by atomic mass is 10.0. The van der Waals surface area contributed by atoms with Gasteiger partial charge in [0.15, 0.2) is 18.1 Å². The molecule has 0 amide bonds. The lowest BCUT2D eigenvalue weighted by Crippen LogP contribution is -2.38. The second-order valence-electron chi connectivity index (χ2n) is 5.56. The molecule has 2 unspecified atom stereocenters. The quantitative estimate of drug-likeness (QED) is 0.750. The maximum absolute atomic E-state index is 13.3. The molecule has 126 valence electrons. The SMILES string of the molecule is FC1C=CC(c2cc(COCCN3CCOCC3)on2)=CC1F. The van der Waals surface area contributed by atoms with Crippen LogP contribution >= 0.6 is 0 Å². The Morgan fingerprint density at radius 1 is 1.26 bits per heavy atom. The van der Waals surface area contributed by atoms with E-state index in [2.05, 4.69) is 10.1 Å². The second-order valence-corrected chi connectivity index (χ2v) is 5.56. The standard InChI is InChI=1S/C16H20F2N2O3/c17-14-2-1-12(9-15(14)18)16-10-13(23-19-16)11-22-8-5-20-3-6-21-7-4-20/h1-2,9-10,14-15H,3-8,11H2. The van der Waals surface area contributed by atoms with Crippen LogP contribution < -0.4 is 0 Å². The summed E-state index contributed by atoms with van der Waals surface area (Å²) in [4.78, 5) is 2.28. The fourth-order valence-corrected chi connectivity index (χ4v) is 2.50. The van der Waals surface area contributed by atoms with E-state index in [9.17, 15) is 8.78 Å². The van der Waals surface area contributed by atoms with Crippen LogP contribution in [0, 0.1) is 0 Å². The maximum atomic E-state index is 13.3. The Balaban J connectivity index is 1.44. The molecular formula is C16H20F2N2O3. The van der Waals surface area contributed by atoms with Gasteiger partial charge in [-0.15, -0.1) is 0 Å². The molecule has 2 aliphatic rings. The van der Waals surface area contributed by atoms with E-state index >= 15 is 0 Å². The van der Waals surface area contributed by atoms with Crippen molar-refractivity contribution in [3.63, 3.8) is 0 Å². The third kappa shape index (κ3) is 4.46. The first-order valence-corrected chi connectivity index (χ1v) is 7.74. The first kappa shape index (κ1) is 16.3. The topological polar surface area (TPSA) is 47.7 Å². The summed E-state index contributed by atoms with van der Waals surface area (Å²) >= 11 is 0. The molecule has 0 saturated carbocycles. The predicted octanol–water partition coefficient (Wildman–Crippen LogP) is 2.15. The number of rotatable bonds is 6. The van der Waals surface area contributed by atoms with Gasteiger partial charge < -0.3 is 14.0 Å². The number of allylic oxidation sites excluding steroid dienone is 4. The zero-order valence-corrected chi connectivity index (χ0v) is 12.8. The van der Waals surface area contributed by atoms with Crippen molar-refractivity contribution in [2.75, 3.05) is 39.5 Å². The van der Waals surface area contributed by atoms with Crippen molar-refractivity contribution in [1.82, 2.24) is 10.1 Å². The Hall–Kier alpha value is -1.57. The molecule has 1 fully saturated rings. The molecule has 2 atom stereocenters. The molecule has 1 aromatic heterocycles. The summed E-state index contributed by atoms with van der Waals surface area (Å²) in [5.74, 6) is 0.564. The molecule has 5 nitrogen and oxygen atoms in total. The highest BCUT2D eigenvalue weighted by Gasteiger charge is 2.21. The Morgan fingerprint density at radius 3 is 2.87 bits per heavy atom. The molecule has 1 aromatic rings. The van der Waals surface area contributed by atoms with Crippen LogP contribution in [-0.2, 0) is 16.1 Å². The van der Waals surface area contributed by atoms with Crippen molar-refractivity contribution < 1.29 is 22.8 Å². The van der Waals surface area contributed by atoms with Gasteiger partial charge in [-0.05, 0) is 12.2 Å². The lowest BCUT2D eigenvalue weighted by molar-refractivity contribution is 0.0154. The average molecular weight is 326 g/mol. The highest BCUT2D eigenvalue weighted by Crippen LogP contribution is 2.24. The molecule has 0 radical (unpaired) electrons. The first-order valence-electron chi connectivity index (χ1n) is 7.74. The predicted molar refractivity (Wildman–Crippen MR) is 80.3 cm³/mol. The molecule has 1 aliphatic heterocycles. The molecular weight excluding hydrogens is 306 g/mol. The van der Waals surface area contributed by atoms with Gasteiger partial charge in [-0.3, -0.25) is 4.90 Å². The average Bonchev–Trinajstić information content (AvgIpc) is 3.04. The van der Waals surface area contributed by atoms with Gasteiger partial charge in [0, 0.05) is 31.3 Å². The third-order valence-corrected chi connectivity index (χ3v) is 3.86. The normalized spacial score (nSPS) is 25.6. The van der Waals surface area contributed by atoms with E-state index in [0.29, 0.717) is 30.2 Å². The van der Waals surface area contributed by atoms with E-state index in [1.807, 2.05) is 0 Å². The van der Waals surface area contributed by atoms with Crippen LogP contribution in [0.15, 0.2) is 28.8 Å². The molecule has 1 aliphatic carbocycles. The van der Waals surface area contributed by atoms with E-state index in [1.54, 1.807) is 6.07 Å². The van der Waals surface area contributed by atoms with Crippen molar-refractivity contribution in [1.29, 1.82) is 0 Å². The van der Waals surface area contributed by atoms with Crippen LogP contribution in [0.2, 0.25) is 0 Å². The largest absolute Gasteiger partial charge is 0.379 e. The van der Waals surface area contributed by atoms with E-state index < -0.39 is 12.3 Å². The zero-order valence-electron chi connectivity index (χ0n) is 12.8. The lowest BCUT2D eigenvalue weighted by Gasteiger charge is -2.26. The van der Waals surface area contributed by atoms with Crippen LogP contribution in [-0.4, -0.2) is 61.9 Å². The summed E-state index contributed by atoms with van der Waals surface area (Å²) in [7, 11) is 0. The van der Waals surface area contributed by atoms with Gasteiger partial charge in [-0.2, -0.15) is 0 Å². The maximum Gasteiger partial charge on any atom is 0.163 e. The summed E-state index contributed by atoms with van der Waals surface area (Å²) in [6.07, 6.45) is 0.689. The van der Waals surface area contributed by atoms with Crippen molar-refractivity contribution in [3.8, 4) is 0 Å². The minimum atomic E-state index is -1.64. The fraction of sp³-hybridized carbons (Fsp3) is 0.562. The number of hydrogen-bond donors (Lipinski definition) is 0. The molecule has 0 bridgehead atoms. The summed E-state index contributed by atoms with van der Waals surface area (Å²) < 4.78 is 42.4. The van der Waals surface area contributed by atoms with Gasteiger partial charge >= 0.3 is 0 Å². The second kappa shape index (κ2) is 7.81. The van der Waals surface area contributed by atoms with Crippen molar-refractivity contribution in [3.05, 3.63) is 35.7 Å². The highest BCUT2D eigenvalue weighted by molar-refractivity contribution is 5.73. The molecule has 23 heavy (non-hydrogen) atoms. The minimum absolute atomic E-state index is 0.305. The van der Waals surface area contributed by atoms with Crippen LogP contribution in [0.1, 0.15) is 11.5 Å². The molecule has 0 spiro atoms. The van der Waals surface area contributed by atoms with E-state index in [0.717, 1.165) is 32.8 Å². The number of ether oxygens (including phenoxy) is 2.